The Hall–Kier alpha value is -0.0800. The fourth-order valence-electron chi connectivity index (χ4n) is 2.49. The Morgan fingerprint density at radius 1 is 1.13 bits per heavy atom. The van der Waals surface area contributed by atoms with Gasteiger partial charge in [0.1, 0.15) is 0 Å². The van der Waals surface area contributed by atoms with E-state index in [9.17, 15) is 0 Å². The Bertz CT molecular complexity index is 162. The summed E-state index contributed by atoms with van der Waals surface area (Å²) in [4.78, 5) is 2.45. The lowest BCUT2D eigenvalue weighted by atomic mass is 9.94. The maximum Gasteiger partial charge on any atom is 0.0166 e. The topological polar surface area (TPSA) is 29.3 Å². The molecule has 90 valence electrons. The van der Waals surface area contributed by atoms with Crippen LogP contribution in [-0.2, 0) is 0 Å². The van der Waals surface area contributed by atoms with Gasteiger partial charge in [-0.3, -0.25) is 0 Å². The maximum atomic E-state index is 6.34. The molecule has 0 saturated heterocycles. The highest BCUT2D eigenvalue weighted by atomic mass is 15.1. The van der Waals surface area contributed by atoms with Gasteiger partial charge < -0.3 is 10.6 Å². The minimum atomic E-state index is 0.180. The molecule has 0 aromatic heterocycles. The van der Waals surface area contributed by atoms with E-state index in [1.165, 1.54) is 64.5 Å². The molecule has 0 amide bonds. The molecule has 0 unspecified atom stereocenters. The molecule has 1 rings (SSSR count). The average molecular weight is 212 g/mol. The number of hydrogen-bond donors (Lipinski definition) is 1. The standard InChI is InChI=1S/C13H28N2/c1-3-4-7-11-15(2)12-10-13(14)8-5-6-9-13/h3-12,14H2,1-2H3. The third-order valence-corrected chi connectivity index (χ3v) is 3.73. The second-order valence-corrected chi connectivity index (χ2v) is 5.33. The van der Waals surface area contributed by atoms with E-state index in [-0.39, 0.29) is 5.54 Å². The van der Waals surface area contributed by atoms with Crippen molar-refractivity contribution < 1.29 is 0 Å². The highest BCUT2D eigenvalue weighted by Gasteiger charge is 2.28. The molecule has 0 aliphatic heterocycles. The molecule has 1 aliphatic carbocycles. The molecule has 0 spiro atoms. The van der Waals surface area contributed by atoms with Gasteiger partial charge in [0.05, 0.1) is 0 Å². The summed E-state index contributed by atoms with van der Waals surface area (Å²) >= 11 is 0. The fourth-order valence-corrected chi connectivity index (χ4v) is 2.49. The minimum absolute atomic E-state index is 0.180. The number of nitrogens with two attached hydrogens (primary N) is 1. The van der Waals surface area contributed by atoms with E-state index in [0.717, 1.165) is 0 Å². The zero-order valence-corrected chi connectivity index (χ0v) is 10.6. The van der Waals surface area contributed by atoms with Gasteiger partial charge in [0, 0.05) is 5.54 Å². The van der Waals surface area contributed by atoms with Crippen LogP contribution in [0.1, 0.15) is 58.3 Å². The molecule has 15 heavy (non-hydrogen) atoms. The van der Waals surface area contributed by atoms with Crippen molar-refractivity contribution in [1.82, 2.24) is 4.90 Å². The van der Waals surface area contributed by atoms with Gasteiger partial charge in [0.25, 0.3) is 0 Å². The van der Waals surface area contributed by atoms with Crippen molar-refractivity contribution in [1.29, 1.82) is 0 Å². The first-order valence-electron chi connectivity index (χ1n) is 6.64. The van der Waals surface area contributed by atoms with Crippen molar-refractivity contribution in [2.45, 2.75) is 63.8 Å². The second kappa shape index (κ2) is 6.49. The SMILES string of the molecule is CCCCCN(C)CCC1(N)CCCC1. The molecule has 0 aromatic rings. The highest BCUT2D eigenvalue weighted by Crippen LogP contribution is 2.29. The van der Waals surface area contributed by atoms with Crippen LogP contribution in [0.3, 0.4) is 0 Å². The quantitative estimate of drug-likeness (QED) is 0.658. The van der Waals surface area contributed by atoms with Gasteiger partial charge in [-0.15, -0.1) is 0 Å². The average Bonchev–Trinajstić information content (AvgIpc) is 2.64. The first kappa shape index (κ1) is 13.0. The van der Waals surface area contributed by atoms with Gasteiger partial charge in [0.15, 0.2) is 0 Å². The van der Waals surface area contributed by atoms with Crippen molar-refractivity contribution >= 4 is 0 Å². The second-order valence-electron chi connectivity index (χ2n) is 5.33. The molecular formula is C13H28N2. The zero-order valence-electron chi connectivity index (χ0n) is 10.6. The smallest absolute Gasteiger partial charge is 0.0166 e. The van der Waals surface area contributed by atoms with E-state index < -0.39 is 0 Å². The van der Waals surface area contributed by atoms with Crippen LogP contribution in [0.25, 0.3) is 0 Å². The minimum Gasteiger partial charge on any atom is -0.325 e. The summed E-state index contributed by atoms with van der Waals surface area (Å²) in [6.07, 6.45) is 10.4. The van der Waals surface area contributed by atoms with E-state index in [1.54, 1.807) is 0 Å². The van der Waals surface area contributed by atoms with Crippen molar-refractivity contribution in [2.75, 3.05) is 20.1 Å². The third kappa shape index (κ3) is 4.98. The molecular weight excluding hydrogens is 184 g/mol. The first-order chi connectivity index (χ1) is 7.16. The summed E-state index contributed by atoms with van der Waals surface area (Å²) in [5.41, 5.74) is 6.52. The zero-order chi connectivity index (χ0) is 11.1. The van der Waals surface area contributed by atoms with Crippen LogP contribution >= 0.6 is 0 Å². The van der Waals surface area contributed by atoms with Gasteiger partial charge in [-0.1, -0.05) is 32.6 Å². The van der Waals surface area contributed by atoms with Gasteiger partial charge in [-0.05, 0) is 45.8 Å². The van der Waals surface area contributed by atoms with Gasteiger partial charge in [0.2, 0.25) is 0 Å². The van der Waals surface area contributed by atoms with Crippen LogP contribution in [0.5, 0.6) is 0 Å². The Labute approximate surface area is 95.2 Å². The van der Waals surface area contributed by atoms with E-state index in [2.05, 4.69) is 18.9 Å². The number of hydrogen-bond acceptors (Lipinski definition) is 2. The molecule has 0 radical (unpaired) electrons. The normalized spacial score (nSPS) is 20.0. The number of nitrogens with zero attached hydrogens (tertiary/aromatic N) is 1. The van der Waals surface area contributed by atoms with E-state index in [4.69, 9.17) is 5.73 Å². The molecule has 2 N–H and O–H groups in total. The Balaban J connectivity index is 2.07. The number of unbranched alkanes of at least 4 members (excludes halogenated alkanes) is 2. The van der Waals surface area contributed by atoms with Gasteiger partial charge in [-0.25, -0.2) is 0 Å². The van der Waals surface area contributed by atoms with Crippen molar-refractivity contribution in [2.24, 2.45) is 5.73 Å². The largest absolute Gasteiger partial charge is 0.325 e. The van der Waals surface area contributed by atoms with Crippen molar-refractivity contribution in [3.05, 3.63) is 0 Å². The Morgan fingerprint density at radius 3 is 2.40 bits per heavy atom. The lowest BCUT2D eigenvalue weighted by Crippen LogP contribution is -2.40. The molecule has 0 aromatic carbocycles. The predicted octanol–water partition coefficient (Wildman–Crippen LogP) is 2.77. The van der Waals surface area contributed by atoms with Crippen LogP contribution in [0.15, 0.2) is 0 Å². The maximum absolute atomic E-state index is 6.34. The molecule has 0 heterocycles. The summed E-state index contributed by atoms with van der Waals surface area (Å²) in [6.45, 7) is 4.68. The molecule has 1 saturated carbocycles. The van der Waals surface area contributed by atoms with E-state index in [1.807, 2.05) is 0 Å². The van der Waals surface area contributed by atoms with Crippen LogP contribution in [0.2, 0.25) is 0 Å². The summed E-state index contributed by atoms with van der Waals surface area (Å²) in [7, 11) is 2.23. The van der Waals surface area contributed by atoms with Crippen LogP contribution in [0.4, 0.5) is 0 Å². The lowest BCUT2D eigenvalue weighted by molar-refractivity contribution is 0.275. The highest BCUT2D eigenvalue weighted by molar-refractivity contribution is 4.89. The first-order valence-corrected chi connectivity index (χ1v) is 6.64. The third-order valence-electron chi connectivity index (χ3n) is 3.73. The van der Waals surface area contributed by atoms with Crippen LogP contribution in [0, 0.1) is 0 Å². The van der Waals surface area contributed by atoms with E-state index in [0.29, 0.717) is 0 Å². The van der Waals surface area contributed by atoms with Crippen LogP contribution < -0.4 is 5.73 Å². The van der Waals surface area contributed by atoms with E-state index >= 15 is 0 Å². The Morgan fingerprint density at radius 2 is 1.80 bits per heavy atom. The summed E-state index contributed by atoms with van der Waals surface area (Å²) < 4.78 is 0. The molecule has 1 aliphatic rings. The van der Waals surface area contributed by atoms with Crippen molar-refractivity contribution in [3.63, 3.8) is 0 Å². The van der Waals surface area contributed by atoms with Crippen LogP contribution in [-0.4, -0.2) is 30.6 Å². The Kier molecular flexibility index (Phi) is 5.62. The molecule has 0 atom stereocenters. The monoisotopic (exact) mass is 212 g/mol. The van der Waals surface area contributed by atoms with Crippen molar-refractivity contribution in [3.8, 4) is 0 Å². The lowest BCUT2D eigenvalue weighted by Gasteiger charge is -2.26. The molecule has 2 heteroatoms. The van der Waals surface area contributed by atoms with Gasteiger partial charge in [-0.2, -0.15) is 0 Å². The molecule has 0 bridgehead atoms. The molecule has 2 nitrogen and oxygen atoms in total. The summed E-state index contributed by atoms with van der Waals surface area (Å²) in [5, 5.41) is 0. The van der Waals surface area contributed by atoms with Gasteiger partial charge >= 0.3 is 0 Å². The predicted molar refractivity (Wildman–Crippen MR) is 67.0 cm³/mol. The summed E-state index contributed by atoms with van der Waals surface area (Å²) in [6, 6.07) is 0. The number of rotatable bonds is 7. The fraction of sp³-hybridized carbons (Fsp3) is 1.00. The summed E-state index contributed by atoms with van der Waals surface area (Å²) in [5.74, 6) is 0. The molecule has 1 fully saturated rings.